The molecule has 33 heavy (non-hydrogen) atoms. The van der Waals surface area contributed by atoms with Crippen LogP contribution in [0.3, 0.4) is 0 Å². The van der Waals surface area contributed by atoms with Gasteiger partial charge in [0.2, 0.25) is 0 Å². The number of primary amides is 1. The first-order chi connectivity index (χ1) is 15.4. The van der Waals surface area contributed by atoms with Gasteiger partial charge in [-0.05, 0) is 0 Å². The van der Waals surface area contributed by atoms with Crippen LogP contribution in [0.25, 0.3) is 0 Å². The summed E-state index contributed by atoms with van der Waals surface area (Å²) >= 11 is -2.29. The number of ether oxygens (including phenoxy) is 1. The van der Waals surface area contributed by atoms with Gasteiger partial charge in [-0.1, -0.05) is 0 Å². The molecule has 0 spiro atoms. The molecule has 0 aromatic rings. The van der Waals surface area contributed by atoms with E-state index in [1.54, 1.807) is 6.08 Å². The first-order valence-electron chi connectivity index (χ1n) is 13.3. The van der Waals surface area contributed by atoms with Crippen LogP contribution >= 0.6 is 0 Å². The molecule has 0 aliphatic rings. The summed E-state index contributed by atoms with van der Waals surface area (Å²) in [5, 5.41) is 0.0668. The Kier molecular flexibility index (Phi) is 16.3. The van der Waals surface area contributed by atoms with Gasteiger partial charge < -0.3 is 0 Å². The Bertz CT molecular complexity index is 565. The van der Waals surface area contributed by atoms with Gasteiger partial charge in [-0.3, -0.25) is 0 Å². The Hall–Kier alpha value is -0.274. The molecule has 6 heteroatoms. The van der Waals surface area contributed by atoms with Crippen LogP contribution in [0, 0.1) is 0 Å². The van der Waals surface area contributed by atoms with Gasteiger partial charge in [0.15, 0.2) is 0 Å². The Morgan fingerprint density at radius 1 is 1.03 bits per heavy atom. The van der Waals surface area contributed by atoms with Crippen molar-refractivity contribution >= 4 is 32.8 Å². The van der Waals surface area contributed by atoms with Crippen molar-refractivity contribution < 1.29 is 14.0 Å². The number of hydrogen-bond donors (Lipinski definition) is 1. The third-order valence-electron chi connectivity index (χ3n) is 7.28. The first-order valence-corrected chi connectivity index (χ1v) is 23.9. The molecule has 0 rings (SSSR count). The fourth-order valence-corrected chi connectivity index (χ4v) is 19.8. The second kappa shape index (κ2) is 16.4. The number of carbonyl (C=O) groups excluding carboxylic acids is 1. The second-order valence-electron chi connectivity index (χ2n) is 11.2. The van der Waals surface area contributed by atoms with E-state index in [1.807, 2.05) is 0 Å². The van der Waals surface area contributed by atoms with Crippen LogP contribution in [0.1, 0.15) is 92.9 Å². The molecule has 194 valence electrons. The summed E-state index contributed by atoms with van der Waals surface area (Å²) in [6.07, 6.45) is 12.2. The normalized spacial score (nSPS) is 14.9. The van der Waals surface area contributed by atoms with E-state index in [2.05, 4.69) is 71.4 Å². The summed E-state index contributed by atoms with van der Waals surface area (Å²) in [6, 6.07) is 0. The van der Waals surface area contributed by atoms with E-state index in [1.165, 1.54) is 51.8 Å². The molecule has 1 amide bonds. The van der Waals surface area contributed by atoms with Gasteiger partial charge in [0.25, 0.3) is 0 Å². The van der Waals surface area contributed by atoms with E-state index in [9.17, 15) is 4.79 Å². The van der Waals surface area contributed by atoms with Gasteiger partial charge in [0.05, 0.1) is 0 Å². The summed E-state index contributed by atoms with van der Waals surface area (Å²) in [5.41, 5.74) is 5.43. The zero-order valence-electron chi connectivity index (χ0n) is 23.2. The van der Waals surface area contributed by atoms with Crippen molar-refractivity contribution in [2.75, 3.05) is 0 Å². The fourth-order valence-electron chi connectivity index (χ4n) is 4.04. The SMILES string of the molecule is C=C[C@H](O[Si](C)(C)C(C)(C)C)[C@H](CC/C=[CH]/[Sn]([CH2]CCC)([CH2]CCC)[CH2]CCC)OC(N)=O. The number of nitrogens with two attached hydrogens (primary N) is 1. The maximum absolute atomic E-state index is 11.7. The molecule has 0 saturated carbocycles. The summed E-state index contributed by atoms with van der Waals surface area (Å²) in [7, 11) is -2.04. The Labute approximate surface area is 211 Å². The summed E-state index contributed by atoms with van der Waals surface area (Å²) < 4.78 is 19.2. The molecule has 0 aromatic carbocycles. The van der Waals surface area contributed by atoms with Gasteiger partial charge in [-0.2, -0.15) is 0 Å². The quantitative estimate of drug-likeness (QED) is 0.129. The molecular weight excluding hydrogens is 533 g/mol. The molecule has 4 nitrogen and oxygen atoms in total. The molecule has 2 atom stereocenters. The minimum atomic E-state index is -2.29. The van der Waals surface area contributed by atoms with Crippen molar-refractivity contribution in [1.82, 2.24) is 0 Å². The van der Waals surface area contributed by atoms with Crippen LogP contribution < -0.4 is 5.73 Å². The number of rotatable bonds is 18. The predicted molar refractivity (Wildman–Crippen MR) is 150 cm³/mol. The molecule has 0 bridgehead atoms. The number of unbranched alkanes of at least 4 members (excludes halogenated alkanes) is 3. The molecule has 2 N–H and O–H groups in total. The van der Waals surface area contributed by atoms with E-state index in [0.29, 0.717) is 6.42 Å². The average molecular weight is 589 g/mol. The third-order valence-corrected chi connectivity index (χ3v) is 26.0. The minimum absolute atomic E-state index is 0.0668. The zero-order chi connectivity index (χ0) is 25.5. The van der Waals surface area contributed by atoms with E-state index < -0.39 is 38.9 Å². The molecule has 0 fully saturated rings. The van der Waals surface area contributed by atoms with Crippen LogP contribution in [0.4, 0.5) is 4.79 Å². The summed E-state index contributed by atoms with van der Waals surface area (Å²) in [6.45, 7) is 22.0. The molecule has 0 aliphatic heterocycles. The standard InChI is InChI=1S/C15H28NO3Si.3C4H9.Sn/c1-8-10-11-13(18-14(16)17)12(9-2)19-20(6,7)15(3,4)5;3*1-3-4-2;/h1,8-9,12-13H,2,10-11H2,3-7H3,(H2,16,17);3*1,3-4H2,2H3;/t12-,13-;;;;/m0..../s1. The number of carbonyl (C=O) groups is 1. The number of amides is 1. The number of allylic oxidation sites excluding steroid dienone is 1. The Morgan fingerprint density at radius 2 is 1.52 bits per heavy atom. The molecule has 0 aliphatic carbocycles. The third kappa shape index (κ3) is 12.8. The van der Waals surface area contributed by atoms with Crippen LogP contribution in [0.5, 0.6) is 0 Å². The van der Waals surface area contributed by atoms with Gasteiger partial charge in [0, 0.05) is 0 Å². The summed E-state index contributed by atoms with van der Waals surface area (Å²) in [4.78, 5) is 11.7. The maximum atomic E-state index is 11.7. The van der Waals surface area contributed by atoms with Crippen LogP contribution in [0.15, 0.2) is 22.8 Å². The van der Waals surface area contributed by atoms with E-state index in [0.717, 1.165) is 6.42 Å². The van der Waals surface area contributed by atoms with Crippen molar-refractivity contribution in [3.63, 3.8) is 0 Å². The Morgan fingerprint density at radius 3 is 1.88 bits per heavy atom. The summed E-state index contributed by atoms with van der Waals surface area (Å²) in [5.74, 6) is 0. The molecular formula is C27H55NO3SiSn. The molecule has 0 saturated heterocycles. The van der Waals surface area contributed by atoms with Crippen molar-refractivity contribution in [1.29, 1.82) is 0 Å². The Balaban J connectivity index is 5.48. The van der Waals surface area contributed by atoms with Crippen LogP contribution in [0.2, 0.25) is 31.4 Å². The second-order valence-corrected chi connectivity index (χ2v) is 29.0. The predicted octanol–water partition coefficient (Wildman–Crippen LogP) is 8.75. The van der Waals surface area contributed by atoms with Gasteiger partial charge >= 0.3 is 212 Å². The zero-order valence-corrected chi connectivity index (χ0v) is 27.0. The monoisotopic (exact) mass is 589 g/mol. The number of hydrogen-bond acceptors (Lipinski definition) is 3. The average Bonchev–Trinajstić information content (AvgIpc) is 2.73. The van der Waals surface area contributed by atoms with Crippen molar-refractivity contribution in [2.24, 2.45) is 5.73 Å². The van der Waals surface area contributed by atoms with Gasteiger partial charge in [-0.25, -0.2) is 0 Å². The van der Waals surface area contributed by atoms with E-state index in [4.69, 9.17) is 14.9 Å². The first kappa shape index (κ1) is 32.7. The molecule has 0 unspecified atom stereocenters. The van der Waals surface area contributed by atoms with Crippen molar-refractivity contribution in [2.45, 2.75) is 137 Å². The van der Waals surface area contributed by atoms with Gasteiger partial charge in [0.1, 0.15) is 0 Å². The van der Waals surface area contributed by atoms with Gasteiger partial charge in [-0.15, -0.1) is 0 Å². The molecule has 0 aromatic heterocycles. The van der Waals surface area contributed by atoms with E-state index >= 15 is 0 Å². The molecule has 0 radical (unpaired) electrons. The van der Waals surface area contributed by atoms with E-state index in [-0.39, 0.29) is 11.1 Å². The van der Waals surface area contributed by atoms with Crippen LogP contribution in [-0.2, 0) is 9.16 Å². The van der Waals surface area contributed by atoms with Crippen molar-refractivity contribution in [3.05, 3.63) is 22.8 Å². The topological polar surface area (TPSA) is 61.6 Å². The fraction of sp³-hybridized carbons (Fsp3) is 0.815. The van der Waals surface area contributed by atoms with Crippen molar-refractivity contribution in [3.8, 4) is 0 Å². The molecule has 0 heterocycles. The van der Waals surface area contributed by atoms with Crippen LogP contribution in [-0.4, -0.2) is 45.0 Å².